The smallest absolute Gasteiger partial charge is 0.387 e. The molecule has 3 aromatic rings. The number of methoxy groups -OCH3 is 1. The molecule has 0 atom stereocenters. The third kappa shape index (κ3) is 4.70. The summed E-state index contributed by atoms with van der Waals surface area (Å²) in [6, 6.07) is 10.1. The van der Waals surface area contributed by atoms with Crippen molar-refractivity contribution in [2.24, 2.45) is 0 Å². The Kier molecular flexibility index (Phi) is 6.24. The van der Waals surface area contributed by atoms with Gasteiger partial charge in [-0.3, -0.25) is 4.79 Å². The van der Waals surface area contributed by atoms with Crippen molar-refractivity contribution in [3.05, 3.63) is 65.5 Å². The van der Waals surface area contributed by atoms with E-state index in [0.717, 1.165) is 0 Å². The van der Waals surface area contributed by atoms with Gasteiger partial charge in [0.2, 0.25) is 5.82 Å². The number of benzene rings is 2. The van der Waals surface area contributed by atoms with Gasteiger partial charge in [0, 0.05) is 13.6 Å². The number of amides is 1. The third-order valence-corrected chi connectivity index (χ3v) is 4.24. The Hall–Kier alpha value is -3.56. The molecule has 10 heteroatoms. The van der Waals surface area contributed by atoms with Gasteiger partial charge in [-0.2, -0.15) is 8.78 Å². The Labute approximate surface area is 170 Å². The predicted octanol–water partition coefficient (Wildman–Crippen LogP) is 3.60. The van der Waals surface area contributed by atoms with Crippen molar-refractivity contribution in [3.63, 3.8) is 0 Å². The Bertz CT molecular complexity index is 1040. The van der Waals surface area contributed by atoms with Crippen molar-refractivity contribution in [3.8, 4) is 17.2 Å². The van der Waals surface area contributed by atoms with Crippen LogP contribution in [0.5, 0.6) is 11.5 Å². The summed E-state index contributed by atoms with van der Waals surface area (Å²) in [5, 5.41) is 4.22. The Balaban J connectivity index is 1.76. The van der Waals surface area contributed by atoms with Gasteiger partial charge >= 0.3 is 6.61 Å². The largest absolute Gasteiger partial charge is 0.493 e. The highest BCUT2D eigenvalue weighted by Crippen LogP contribution is 2.29. The van der Waals surface area contributed by atoms with Crippen LogP contribution in [0.4, 0.5) is 13.2 Å². The summed E-state index contributed by atoms with van der Waals surface area (Å²) in [7, 11) is 2.90. The summed E-state index contributed by atoms with van der Waals surface area (Å²) in [6.07, 6.45) is 0. The van der Waals surface area contributed by atoms with E-state index >= 15 is 0 Å². The summed E-state index contributed by atoms with van der Waals surface area (Å²) in [4.78, 5) is 18.3. The molecule has 2 aromatic carbocycles. The lowest BCUT2D eigenvalue weighted by molar-refractivity contribution is -0.0512. The zero-order valence-corrected chi connectivity index (χ0v) is 16.5. The number of ether oxygens (including phenoxy) is 2. The average Bonchev–Trinajstić information content (AvgIpc) is 3.10. The van der Waals surface area contributed by atoms with E-state index in [0.29, 0.717) is 17.1 Å². The molecule has 0 unspecified atom stereocenters. The van der Waals surface area contributed by atoms with Gasteiger partial charge in [-0.05, 0) is 48.9 Å². The summed E-state index contributed by atoms with van der Waals surface area (Å²) < 4.78 is 48.9. The first-order chi connectivity index (χ1) is 14.3. The lowest BCUT2D eigenvalue weighted by atomic mass is 10.2. The van der Waals surface area contributed by atoms with Crippen LogP contribution in [0.25, 0.3) is 5.69 Å². The summed E-state index contributed by atoms with van der Waals surface area (Å²) in [5.41, 5.74) is 1.21. The first-order valence-corrected chi connectivity index (χ1v) is 8.85. The average molecular weight is 420 g/mol. The highest BCUT2D eigenvalue weighted by molar-refractivity contribution is 5.90. The normalized spacial score (nSPS) is 10.9. The highest BCUT2D eigenvalue weighted by Gasteiger charge is 2.20. The van der Waals surface area contributed by atoms with Crippen molar-refractivity contribution in [1.82, 2.24) is 19.7 Å². The van der Waals surface area contributed by atoms with Crippen LogP contribution in [0.1, 0.15) is 22.0 Å². The molecule has 0 fully saturated rings. The van der Waals surface area contributed by atoms with Crippen LogP contribution in [0.3, 0.4) is 0 Å². The van der Waals surface area contributed by atoms with Gasteiger partial charge in [0.25, 0.3) is 5.91 Å². The second-order valence-electron chi connectivity index (χ2n) is 6.40. The van der Waals surface area contributed by atoms with Gasteiger partial charge in [-0.25, -0.2) is 14.1 Å². The minimum Gasteiger partial charge on any atom is -0.493 e. The maximum atomic E-state index is 13.1. The molecule has 30 heavy (non-hydrogen) atoms. The Morgan fingerprint density at radius 3 is 2.50 bits per heavy atom. The molecule has 158 valence electrons. The van der Waals surface area contributed by atoms with E-state index in [-0.39, 0.29) is 29.7 Å². The van der Waals surface area contributed by atoms with E-state index in [1.807, 2.05) is 0 Å². The van der Waals surface area contributed by atoms with E-state index < -0.39 is 12.5 Å². The van der Waals surface area contributed by atoms with Crippen molar-refractivity contribution >= 4 is 5.91 Å². The van der Waals surface area contributed by atoms with Crippen molar-refractivity contribution in [1.29, 1.82) is 0 Å². The van der Waals surface area contributed by atoms with Crippen LogP contribution < -0.4 is 9.47 Å². The molecule has 0 aliphatic carbocycles. The fourth-order valence-corrected chi connectivity index (χ4v) is 2.83. The number of halogens is 3. The highest BCUT2D eigenvalue weighted by atomic mass is 19.3. The number of carbonyl (C=O) groups excluding carboxylic acids is 1. The summed E-state index contributed by atoms with van der Waals surface area (Å²) >= 11 is 0. The molecule has 0 N–H and O–H groups in total. The number of hydrogen-bond acceptors (Lipinski definition) is 5. The van der Waals surface area contributed by atoms with Gasteiger partial charge in [0.15, 0.2) is 11.5 Å². The first kappa shape index (κ1) is 21.2. The third-order valence-electron chi connectivity index (χ3n) is 4.24. The lowest BCUT2D eigenvalue weighted by Crippen LogP contribution is -2.27. The standard InChI is InChI=1S/C20H19F3N4O3/c1-12-24-18(25-27(12)15-7-5-14(21)6-8-15)19(28)26(2)11-13-4-9-16(30-20(22)23)17(10-13)29-3/h4-10,20H,11H2,1-3H3. The van der Waals surface area contributed by atoms with E-state index in [9.17, 15) is 18.0 Å². The van der Waals surface area contributed by atoms with Gasteiger partial charge in [0.1, 0.15) is 11.6 Å². The van der Waals surface area contributed by atoms with E-state index in [4.69, 9.17) is 4.74 Å². The SMILES string of the molecule is COc1cc(CN(C)C(=O)c2nc(C)n(-c3ccc(F)cc3)n2)ccc1OC(F)F. The summed E-state index contributed by atoms with van der Waals surface area (Å²) in [5.74, 6) is -0.347. The zero-order valence-electron chi connectivity index (χ0n) is 16.5. The van der Waals surface area contributed by atoms with Crippen LogP contribution >= 0.6 is 0 Å². The minimum absolute atomic E-state index is 0.0241. The van der Waals surface area contributed by atoms with Crippen LogP contribution in [-0.2, 0) is 6.54 Å². The fourth-order valence-electron chi connectivity index (χ4n) is 2.83. The van der Waals surface area contributed by atoms with Crippen molar-refractivity contribution in [2.45, 2.75) is 20.1 Å². The molecule has 0 radical (unpaired) electrons. The minimum atomic E-state index is -2.97. The molecule has 0 aliphatic heterocycles. The van der Waals surface area contributed by atoms with Crippen molar-refractivity contribution in [2.75, 3.05) is 14.2 Å². The van der Waals surface area contributed by atoms with Crippen molar-refractivity contribution < 1.29 is 27.4 Å². The van der Waals surface area contributed by atoms with Gasteiger partial charge in [-0.15, -0.1) is 5.10 Å². The van der Waals surface area contributed by atoms with Gasteiger partial charge < -0.3 is 14.4 Å². The summed E-state index contributed by atoms with van der Waals surface area (Å²) in [6.45, 7) is -1.13. The molecule has 1 amide bonds. The fraction of sp³-hybridized carbons (Fsp3) is 0.250. The molecular weight excluding hydrogens is 401 g/mol. The maximum Gasteiger partial charge on any atom is 0.387 e. The molecular formula is C20H19F3N4O3. The molecule has 1 heterocycles. The number of aryl methyl sites for hydroxylation is 1. The second-order valence-corrected chi connectivity index (χ2v) is 6.40. The van der Waals surface area contributed by atoms with Crippen LogP contribution in [0.2, 0.25) is 0 Å². The second kappa shape index (κ2) is 8.85. The first-order valence-electron chi connectivity index (χ1n) is 8.85. The van der Waals surface area contributed by atoms with Gasteiger partial charge in [-0.1, -0.05) is 6.07 Å². The van der Waals surface area contributed by atoms with E-state index in [1.165, 1.54) is 53.1 Å². The molecule has 0 spiro atoms. The maximum absolute atomic E-state index is 13.1. The molecule has 7 nitrogen and oxygen atoms in total. The number of hydrogen-bond donors (Lipinski definition) is 0. The van der Waals surface area contributed by atoms with Gasteiger partial charge in [0.05, 0.1) is 12.8 Å². The number of nitrogens with zero attached hydrogens (tertiary/aromatic N) is 4. The Morgan fingerprint density at radius 2 is 1.87 bits per heavy atom. The molecule has 0 saturated heterocycles. The molecule has 0 bridgehead atoms. The molecule has 3 rings (SSSR count). The molecule has 1 aromatic heterocycles. The number of aromatic nitrogens is 3. The number of alkyl halides is 2. The molecule has 0 aliphatic rings. The molecule has 0 saturated carbocycles. The van der Waals surface area contributed by atoms with Crippen LogP contribution in [0, 0.1) is 12.7 Å². The quantitative estimate of drug-likeness (QED) is 0.584. The lowest BCUT2D eigenvalue weighted by Gasteiger charge is -2.17. The van der Waals surface area contributed by atoms with Crippen LogP contribution in [-0.4, -0.2) is 46.3 Å². The topological polar surface area (TPSA) is 69.5 Å². The Morgan fingerprint density at radius 1 is 1.17 bits per heavy atom. The number of carbonyl (C=O) groups is 1. The monoisotopic (exact) mass is 420 g/mol. The zero-order chi connectivity index (χ0) is 21.8. The van der Waals surface area contributed by atoms with E-state index in [1.54, 1.807) is 20.0 Å². The van der Waals surface area contributed by atoms with Crippen LogP contribution in [0.15, 0.2) is 42.5 Å². The number of rotatable bonds is 7. The van der Waals surface area contributed by atoms with E-state index in [2.05, 4.69) is 14.8 Å². The predicted molar refractivity (Wildman–Crippen MR) is 101 cm³/mol.